The zero-order valence-corrected chi connectivity index (χ0v) is 14.9. The second-order valence-corrected chi connectivity index (χ2v) is 6.30. The third-order valence-corrected chi connectivity index (χ3v) is 3.93. The average molecular weight is 458 g/mol. The molecule has 19 heavy (non-hydrogen) atoms. The normalized spacial score (nSPS) is 11.6. The Morgan fingerprint density at radius 1 is 1.16 bits per heavy atom. The number of nitrogens with one attached hydrogen (secondary N) is 3. The van der Waals surface area contributed by atoms with Crippen molar-refractivity contribution in [2.24, 2.45) is 0 Å². The van der Waals surface area contributed by atoms with Gasteiger partial charge < -0.3 is 10.6 Å². The number of benzene rings is 1. The maximum absolute atomic E-state index is 11.7. The number of halogens is 3. The van der Waals surface area contributed by atoms with E-state index >= 15 is 0 Å². The molecule has 1 aromatic carbocycles. The predicted octanol–water partition coefficient (Wildman–Crippen LogP) is 3.23. The Kier molecular flexibility index (Phi) is 6.28. The molecule has 0 heterocycles. The molecule has 1 aromatic rings. The van der Waals surface area contributed by atoms with Crippen molar-refractivity contribution in [3.63, 3.8) is 0 Å². The van der Waals surface area contributed by atoms with Crippen LogP contribution < -0.4 is 16.0 Å². The number of imide groups is 1. The molecule has 1 rings (SSSR count). The number of hydrogen-bond acceptors (Lipinski definition) is 3. The van der Waals surface area contributed by atoms with Gasteiger partial charge in [0.15, 0.2) is 0 Å². The fourth-order valence-electron chi connectivity index (χ4n) is 1.24. The van der Waals surface area contributed by atoms with E-state index in [9.17, 15) is 9.59 Å². The summed E-state index contributed by atoms with van der Waals surface area (Å²) in [6, 6.07) is 2.62. The summed E-state index contributed by atoms with van der Waals surface area (Å²) in [5.74, 6) is -0.416. The second kappa shape index (κ2) is 7.25. The molecular weight excluding hydrogens is 446 g/mol. The Bertz CT molecular complexity index is 485. The van der Waals surface area contributed by atoms with Crippen LogP contribution in [0.15, 0.2) is 25.6 Å². The Hall–Kier alpha value is -0.600. The molecule has 0 saturated heterocycles. The van der Waals surface area contributed by atoms with Gasteiger partial charge in [-0.05, 0) is 50.9 Å². The SMILES string of the molecule is CNC(=O)NC(=O)C(C)Nc1c(Br)cc(Br)cc1Br. The smallest absolute Gasteiger partial charge is 0.321 e. The number of carbonyl (C=O) groups excluding carboxylic acids is 2. The second-order valence-electron chi connectivity index (χ2n) is 3.68. The largest absolute Gasteiger partial charge is 0.372 e. The molecule has 0 aliphatic carbocycles. The summed E-state index contributed by atoms with van der Waals surface area (Å²) in [4.78, 5) is 22.8. The summed E-state index contributed by atoms with van der Waals surface area (Å²) < 4.78 is 2.50. The van der Waals surface area contributed by atoms with Crippen LogP contribution >= 0.6 is 47.8 Å². The van der Waals surface area contributed by atoms with Crippen LogP contribution in [0.1, 0.15) is 6.92 Å². The number of carbonyl (C=O) groups is 2. The third kappa shape index (κ3) is 4.77. The molecule has 0 fully saturated rings. The maximum Gasteiger partial charge on any atom is 0.321 e. The molecular formula is C11H12Br3N3O2. The van der Waals surface area contributed by atoms with Gasteiger partial charge in [-0.1, -0.05) is 15.9 Å². The van der Waals surface area contributed by atoms with Gasteiger partial charge in [-0.15, -0.1) is 0 Å². The van der Waals surface area contributed by atoms with Crippen molar-refractivity contribution in [1.82, 2.24) is 10.6 Å². The van der Waals surface area contributed by atoms with E-state index in [2.05, 4.69) is 63.7 Å². The molecule has 5 nitrogen and oxygen atoms in total. The Morgan fingerprint density at radius 3 is 2.16 bits per heavy atom. The minimum atomic E-state index is -0.564. The van der Waals surface area contributed by atoms with E-state index in [4.69, 9.17) is 0 Å². The van der Waals surface area contributed by atoms with Crippen LogP contribution in [0.4, 0.5) is 10.5 Å². The van der Waals surface area contributed by atoms with Gasteiger partial charge in [0.05, 0.1) is 5.69 Å². The molecule has 0 aliphatic heterocycles. The molecule has 0 aliphatic rings. The van der Waals surface area contributed by atoms with Crippen molar-refractivity contribution in [1.29, 1.82) is 0 Å². The Balaban J connectivity index is 2.80. The van der Waals surface area contributed by atoms with Gasteiger partial charge in [-0.3, -0.25) is 10.1 Å². The lowest BCUT2D eigenvalue weighted by molar-refractivity contribution is -0.120. The summed E-state index contributed by atoms with van der Waals surface area (Å²) in [6.07, 6.45) is 0. The molecule has 0 aromatic heterocycles. The first kappa shape index (κ1) is 16.5. The highest BCUT2D eigenvalue weighted by atomic mass is 79.9. The maximum atomic E-state index is 11.7. The van der Waals surface area contributed by atoms with E-state index in [1.807, 2.05) is 12.1 Å². The lowest BCUT2D eigenvalue weighted by Crippen LogP contribution is -2.44. The minimum absolute atomic E-state index is 0.416. The van der Waals surface area contributed by atoms with Gasteiger partial charge in [-0.25, -0.2) is 4.79 Å². The number of amides is 3. The summed E-state index contributed by atoms with van der Waals surface area (Å²) in [5.41, 5.74) is 0.739. The minimum Gasteiger partial charge on any atom is -0.372 e. The van der Waals surface area contributed by atoms with Crippen molar-refractivity contribution in [3.05, 3.63) is 25.6 Å². The lowest BCUT2D eigenvalue weighted by atomic mass is 10.2. The first-order valence-electron chi connectivity index (χ1n) is 5.28. The molecule has 0 radical (unpaired) electrons. The molecule has 3 N–H and O–H groups in total. The quantitative estimate of drug-likeness (QED) is 0.652. The van der Waals surface area contributed by atoms with Crippen molar-refractivity contribution in [2.75, 3.05) is 12.4 Å². The van der Waals surface area contributed by atoms with E-state index in [1.54, 1.807) is 6.92 Å². The number of anilines is 1. The van der Waals surface area contributed by atoms with E-state index in [-0.39, 0.29) is 0 Å². The van der Waals surface area contributed by atoms with Gasteiger partial charge in [0.25, 0.3) is 0 Å². The van der Waals surface area contributed by atoms with Gasteiger partial charge in [0.2, 0.25) is 5.91 Å². The van der Waals surface area contributed by atoms with Gasteiger partial charge in [0.1, 0.15) is 6.04 Å². The highest BCUT2D eigenvalue weighted by molar-refractivity contribution is 9.11. The van der Waals surface area contributed by atoms with Gasteiger partial charge in [0, 0.05) is 20.5 Å². The van der Waals surface area contributed by atoms with Crippen LogP contribution in [-0.2, 0) is 4.79 Å². The molecule has 1 atom stereocenters. The van der Waals surface area contributed by atoms with Crippen LogP contribution in [-0.4, -0.2) is 25.0 Å². The van der Waals surface area contributed by atoms with Gasteiger partial charge >= 0.3 is 6.03 Å². The van der Waals surface area contributed by atoms with E-state index in [0.29, 0.717) is 0 Å². The molecule has 0 bridgehead atoms. The molecule has 3 amide bonds. The van der Waals surface area contributed by atoms with E-state index in [0.717, 1.165) is 19.1 Å². The first-order chi connectivity index (χ1) is 8.85. The zero-order chi connectivity index (χ0) is 14.6. The third-order valence-electron chi connectivity index (χ3n) is 2.22. The zero-order valence-electron chi connectivity index (χ0n) is 10.2. The van der Waals surface area contributed by atoms with Crippen molar-refractivity contribution < 1.29 is 9.59 Å². The lowest BCUT2D eigenvalue weighted by Gasteiger charge is -2.17. The summed E-state index contributed by atoms with van der Waals surface area (Å²) in [6.45, 7) is 1.67. The fourth-order valence-corrected chi connectivity index (χ4v) is 3.73. The van der Waals surface area contributed by atoms with Crippen LogP contribution in [0.5, 0.6) is 0 Å². The monoisotopic (exact) mass is 455 g/mol. The summed E-state index contributed by atoms with van der Waals surface area (Å²) in [5, 5.41) is 7.56. The molecule has 1 unspecified atom stereocenters. The van der Waals surface area contributed by atoms with E-state index in [1.165, 1.54) is 7.05 Å². The predicted molar refractivity (Wildman–Crippen MR) is 85.2 cm³/mol. The highest BCUT2D eigenvalue weighted by Crippen LogP contribution is 2.34. The average Bonchev–Trinajstić information content (AvgIpc) is 2.32. The number of hydrogen-bond donors (Lipinski definition) is 3. The van der Waals surface area contributed by atoms with Crippen LogP contribution in [0.25, 0.3) is 0 Å². The molecule has 0 saturated carbocycles. The first-order valence-corrected chi connectivity index (χ1v) is 7.66. The number of urea groups is 1. The topological polar surface area (TPSA) is 70.2 Å². The van der Waals surface area contributed by atoms with Crippen molar-refractivity contribution in [3.8, 4) is 0 Å². The van der Waals surface area contributed by atoms with Crippen LogP contribution in [0, 0.1) is 0 Å². The van der Waals surface area contributed by atoms with Crippen LogP contribution in [0.2, 0.25) is 0 Å². The van der Waals surface area contributed by atoms with Crippen LogP contribution in [0.3, 0.4) is 0 Å². The van der Waals surface area contributed by atoms with E-state index < -0.39 is 18.0 Å². The standard InChI is InChI=1S/C11H12Br3N3O2/c1-5(10(18)17-11(19)15-2)16-9-7(13)3-6(12)4-8(9)14/h3-5,16H,1-2H3,(H2,15,17,18,19). The highest BCUT2D eigenvalue weighted by Gasteiger charge is 2.17. The Morgan fingerprint density at radius 2 is 1.68 bits per heavy atom. The van der Waals surface area contributed by atoms with Gasteiger partial charge in [-0.2, -0.15) is 0 Å². The summed E-state index contributed by atoms with van der Waals surface area (Å²) >= 11 is 10.2. The molecule has 0 spiro atoms. The van der Waals surface area contributed by atoms with Crippen molar-refractivity contribution in [2.45, 2.75) is 13.0 Å². The summed E-state index contributed by atoms with van der Waals surface area (Å²) in [7, 11) is 1.45. The molecule has 104 valence electrons. The Labute approximate surface area is 136 Å². The fraction of sp³-hybridized carbons (Fsp3) is 0.273. The molecule has 8 heteroatoms. The van der Waals surface area contributed by atoms with Crippen molar-refractivity contribution >= 4 is 65.4 Å². The number of rotatable bonds is 3.